The fourth-order valence-electron chi connectivity index (χ4n) is 3.77. The molecule has 4 nitrogen and oxygen atoms in total. The molecule has 2 aliphatic heterocycles. The first-order valence-electron chi connectivity index (χ1n) is 8.39. The van der Waals surface area contributed by atoms with Gasteiger partial charge in [0.2, 0.25) is 5.95 Å². The highest BCUT2D eigenvalue weighted by atomic mass is 15.3. The number of hydrogen-bond donors (Lipinski definition) is 1. The number of aryl methyl sites for hydroxylation is 1. The van der Waals surface area contributed by atoms with Gasteiger partial charge in [0, 0.05) is 36.4 Å². The van der Waals surface area contributed by atoms with E-state index >= 15 is 0 Å². The quantitative estimate of drug-likeness (QED) is 0.908. The van der Waals surface area contributed by atoms with Gasteiger partial charge in [-0.2, -0.15) is 0 Å². The van der Waals surface area contributed by atoms with E-state index in [4.69, 9.17) is 9.97 Å². The Morgan fingerprint density at radius 3 is 2.76 bits per heavy atom. The number of aromatic nitrogens is 2. The van der Waals surface area contributed by atoms with Crippen LogP contribution in [0.25, 0.3) is 0 Å². The highest BCUT2D eigenvalue weighted by molar-refractivity contribution is 5.34. The van der Waals surface area contributed by atoms with Crippen LogP contribution in [0, 0.1) is 12.3 Å². The van der Waals surface area contributed by atoms with E-state index in [9.17, 15) is 0 Å². The van der Waals surface area contributed by atoms with E-state index < -0.39 is 0 Å². The van der Waals surface area contributed by atoms with Gasteiger partial charge in [-0.05, 0) is 51.1 Å². The minimum Gasteiger partial charge on any atom is -0.340 e. The van der Waals surface area contributed by atoms with E-state index in [2.05, 4.69) is 37.1 Å². The number of rotatable bonds is 2. The van der Waals surface area contributed by atoms with Crippen molar-refractivity contribution in [2.45, 2.75) is 52.4 Å². The Morgan fingerprint density at radius 1 is 1.24 bits per heavy atom. The normalized spacial score (nSPS) is 26.6. The third-order valence-electron chi connectivity index (χ3n) is 4.96. The zero-order chi connectivity index (χ0) is 14.9. The summed E-state index contributed by atoms with van der Waals surface area (Å²) in [4.78, 5) is 12.0. The van der Waals surface area contributed by atoms with Gasteiger partial charge < -0.3 is 10.2 Å². The molecule has 3 heterocycles. The van der Waals surface area contributed by atoms with E-state index in [1.807, 2.05) is 0 Å². The van der Waals surface area contributed by atoms with Crippen molar-refractivity contribution >= 4 is 5.95 Å². The van der Waals surface area contributed by atoms with Crippen molar-refractivity contribution in [1.82, 2.24) is 15.3 Å². The third kappa shape index (κ3) is 3.20. The maximum absolute atomic E-state index is 4.83. The number of hydrogen-bond acceptors (Lipinski definition) is 4. The summed E-state index contributed by atoms with van der Waals surface area (Å²) in [6, 6.07) is 2.12. The molecule has 2 fully saturated rings. The zero-order valence-corrected chi connectivity index (χ0v) is 13.7. The first kappa shape index (κ1) is 14.8. The van der Waals surface area contributed by atoms with Gasteiger partial charge >= 0.3 is 0 Å². The second-order valence-corrected chi connectivity index (χ2v) is 7.19. The van der Waals surface area contributed by atoms with Crippen LogP contribution in [-0.4, -0.2) is 36.1 Å². The second-order valence-electron chi connectivity index (χ2n) is 7.19. The summed E-state index contributed by atoms with van der Waals surface area (Å²) in [7, 11) is 0. The predicted octanol–water partition coefficient (Wildman–Crippen LogP) is 2.88. The lowest BCUT2D eigenvalue weighted by atomic mass is 9.74. The number of piperidine rings is 2. The SMILES string of the molecule is Cc1cc(C(C)C)nc(N2CCCC3(CCCNC3)C2)n1. The summed E-state index contributed by atoms with van der Waals surface area (Å²) in [5.41, 5.74) is 2.70. The first-order valence-corrected chi connectivity index (χ1v) is 8.39. The third-order valence-corrected chi connectivity index (χ3v) is 4.96. The van der Waals surface area contributed by atoms with Crippen LogP contribution in [0.3, 0.4) is 0 Å². The van der Waals surface area contributed by atoms with Crippen LogP contribution in [0.15, 0.2) is 6.07 Å². The van der Waals surface area contributed by atoms with Gasteiger partial charge in [0.05, 0.1) is 0 Å². The molecule has 4 heteroatoms. The molecule has 0 aliphatic carbocycles. The fourth-order valence-corrected chi connectivity index (χ4v) is 3.77. The average molecular weight is 288 g/mol. The van der Waals surface area contributed by atoms with Crippen LogP contribution >= 0.6 is 0 Å². The van der Waals surface area contributed by atoms with E-state index in [-0.39, 0.29) is 0 Å². The maximum Gasteiger partial charge on any atom is 0.225 e. The Labute approximate surface area is 128 Å². The second kappa shape index (κ2) is 5.91. The topological polar surface area (TPSA) is 41.1 Å². The predicted molar refractivity (Wildman–Crippen MR) is 86.8 cm³/mol. The molecule has 1 atom stereocenters. The molecular formula is C17H28N4. The molecule has 21 heavy (non-hydrogen) atoms. The molecule has 0 radical (unpaired) electrons. The van der Waals surface area contributed by atoms with Crippen LogP contribution < -0.4 is 10.2 Å². The molecule has 116 valence electrons. The lowest BCUT2D eigenvalue weighted by Gasteiger charge is -2.45. The molecule has 0 aromatic carbocycles. The summed E-state index contributed by atoms with van der Waals surface area (Å²) < 4.78 is 0. The Kier molecular flexibility index (Phi) is 4.16. The zero-order valence-electron chi connectivity index (χ0n) is 13.7. The summed E-state index contributed by atoms with van der Waals surface area (Å²) in [6.07, 6.45) is 5.26. The molecule has 1 aromatic heterocycles. The highest BCUT2D eigenvalue weighted by Crippen LogP contribution is 2.37. The molecule has 1 aromatic rings. The Balaban J connectivity index is 1.82. The summed E-state index contributed by atoms with van der Waals surface area (Å²) in [5.74, 6) is 1.41. The summed E-state index contributed by atoms with van der Waals surface area (Å²) in [6.45, 7) is 11.0. The van der Waals surface area contributed by atoms with Crippen LogP contribution in [0.4, 0.5) is 5.95 Å². The number of nitrogens with one attached hydrogen (secondary N) is 1. The van der Waals surface area contributed by atoms with Crippen molar-refractivity contribution in [2.75, 3.05) is 31.1 Å². The van der Waals surface area contributed by atoms with Gasteiger partial charge in [-0.3, -0.25) is 0 Å². The lowest BCUT2D eigenvalue weighted by molar-refractivity contribution is 0.172. The van der Waals surface area contributed by atoms with E-state index in [0.29, 0.717) is 11.3 Å². The summed E-state index contributed by atoms with van der Waals surface area (Å²) >= 11 is 0. The molecular weight excluding hydrogens is 260 g/mol. The lowest BCUT2D eigenvalue weighted by Crippen LogP contribution is -2.51. The molecule has 0 bridgehead atoms. The Bertz CT molecular complexity index is 486. The van der Waals surface area contributed by atoms with Crippen molar-refractivity contribution in [2.24, 2.45) is 5.41 Å². The van der Waals surface area contributed by atoms with E-state index in [1.54, 1.807) is 0 Å². The fraction of sp³-hybridized carbons (Fsp3) is 0.765. The van der Waals surface area contributed by atoms with Gasteiger partial charge in [-0.25, -0.2) is 9.97 Å². The van der Waals surface area contributed by atoms with Crippen LogP contribution in [0.5, 0.6) is 0 Å². The molecule has 1 unspecified atom stereocenters. The van der Waals surface area contributed by atoms with Crippen LogP contribution in [0.1, 0.15) is 56.8 Å². The first-order chi connectivity index (χ1) is 10.1. The molecule has 1 N–H and O–H groups in total. The van der Waals surface area contributed by atoms with Gasteiger partial charge in [-0.1, -0.05) is 13.8 Å². The largest absolute Gasteiger partial charge is 0.340 e. The monoisotopic (exact) mass is 288 g/mol. The Hall–Kier alpha value is -1.16. The molecule has 0 saturated carbocycles. The maximum atomic E-state index is 4.83. The number of anilines is 1. The van der Waals surface area contributed by atoms with Crippen LogP contribution in [-0.2, 0) is 0 Å². The number of nitrogens with zero attached hydrogens (tertiary/aromatic N) is 3. The van der Waals surface area contributed by atoms with Gasteiger partial charge in [0.25, 0.3) is 0 Å². The van der Waals surface area contributed by atoms with Crippen LogP contribution in [0.2, 0.25) is 0 Å². The minimum atomic E-state index is 0.446. The smallest absolute Gasteiger partial charge is 0.225 e. The van der Waals surface area contributed by atoms with Crippen molar-refractivity contribution in [1.29, 1.82) is 0 Å². The van der Waals surface area contributed by atoms with E-state index in [1.165, 1.54) is 37.9 Å². The molecule has 2 saturated heterocycles. The highest BCUT2D eigenvalue weighted by Gasteiger charge is 2.37. The van der Waals surface area contributed by atoms with Crippen molar-refractivity contribution in [3.05, 3.63) is 17.5 Å². The summed E-state index contributed by atoms with van der Waals surface area (Å²) in [5, 5.41) is 3.59. The van der Waals surface area contributed by atoms with Gasteiger partial charge in [0.1, 0.15) is 0 Å². The Morgan fingerprint density at radius 2 is 2.05 bits per heavy atom. The van der Waals surface area contributed by atoms with Crippen molar-refractivity contribution < 1.29 is 0 Å². The van der Waals surface area contributed by atoms with Crippen molar-refractivity contribution in [3.63, 3.8) is 0 Å². The average Bonchev–Trinajstić information content (AvgIpc) is 2.47. The molecule has 1 spiro atoms. The van der Waals surface area contributed by atoms with E-state index in [0.717, 1.165) is 31.3 Å². The standard InChI is InChI=1S/C17H28N4/c1-13(2)15-10-14(3)19-16(20-15)21-9-5-7-17(12-21)6-4-8-18-11-17/h10,13,18H,4-9,11-12H2,1-3H3. The van der Waals surface area contributed by atoms with Gasteiger partial charge in [0.15, 0.2) is 0 Å². The van der Waals surface area contributed by atoms with Gasteiger partial charge in [-0.15, -0.1) is 0 Å². The van der Waals surface area contributed by atoms with Crippen molar-refractivity contribution in [3.8, 4) is 0 Å². The molecule has 2 aliphatic rings. The molecule has 3 rings (SSSR count). The molecule has 0 amide bonds. The minimum absolute atomic E-state index is 0.446.